The number of hydrogen-bond acceptors (Lipinski definition) is 3. The third-order valence-corrected chi connectivity index (χ3v) is 3.87. The van der Waals surface area contributed by atoms with Crippen molar-refractivity contribution in [3.8, 4) is 6.07 Å². The lowest BCUT2D eigenvalue weighted by Gasteiger charge is -2.21. The smallest absolute Gasteiger partial charge is 0.128 e. The summed E-state index contributed by atoms with van der Waals surface area (Å²) in [5.74, 6) is 0.476. The number of imidazole rings is 1. The summed E-state index contributed by atoms with van der Waals surface area (Å²) in [6, 6.07) is 16.4. The fraction of sp³-hybridized carbons (Fsp3) is 0.158. The Hall–Kier alpha value is -3.13. The van der Waals surface area contributed by atoms with E-state index < -0.39 is 5.82 Å². The summed E-state index contributed by atoms with van der Waals surface area (Å²) in [7, 11) is 1.87. The van der Waals surface area contributed by atoms with Gasteiger partial charge in [0.1, 0.15) is 17.7 Å². The summed E-state index contributed by atoms with van der Waals surface area (Å²) in [6.07, 6.45) is 3.70. The third kappa shape index (κ3) is 3.44. The van der Waals surface area contributed by atoms with Crippen LogP contribution in [0.2, 0.25) is 0 Å². The zero-order valence-electron chi connectivity index (χ0n) is 13.4. The van der Waals surface area contributed by atoms with Gasteiger partial charge in [0.15, 0.2) is 0 Å². The molecule has 3 rings (SSSR count). The molecule has 0 atom stereocenters. The van der Waals surface area contributed by atoms with Gasteiger partial charge < -0.3 is 9.47 Å². The summed E-state index contributed by atoms with van der Waals surface area (Å²) in [6.45, 7) is 1.26. The Morgan fingerprint density at radius 1 is 1.21 bits per heavy atom. The van der Waals surface area contributed by atoms with Gasteiger partial charge in [0.05, 0.1) is 17.8 Å². The van der Waals surface area contributed by atoms with Crippen LogP contribution in [0.5, 0.6) is 0 Å². The molecule has 0 aliphatic carbocycles. The van der Waals surface area contributed by atoms with Crippen molar-refractivity contribution in [2.75, 3.05) is 11.9 Å². The number of nitriles is 1. The maximum Gasteiger partial charge on any atom is 0.128 e. The highest BCUT2D eigenvalue weighted by atomic mass is 19.1. The second kappa shape index (κ2) is 6.97. The van der Waals surface area contributed by atoms with Crippen molar-refractivity contribution in [2.45, 2.75) is 13.1 Å². The molecule has 2 aromatic carbocycles. The van der Waals surface area contributed by atoms with E-state index in [-0.39, 0.29) is 0 Å². The minimum absolute atomic E-state index is 0.318. The van der Waals surface area contributed by atoms with Gasteiger partial charge in [-0.05, 0) is 23.8 Å². The molecule has 1 aromatic heterocycles. The summed E-state index contributed by atoms with van der Waals surface area (Å²) in [4.78, 5) is 6.32. The number of rotatable bonds is 5. The lowest BCUT2D eigenvalue weighted by atomic mass is 10.1. The van der Waals surface area contributed by atoms with E-state index in [0.29, 0.717) is 17.8 Å². The van der Waals surface area contributed by atoms with Gasteiger partial charge in [0.2, 0.25) is 0 Å². The fourth-order valence-corrected chi connectivity index (χ4v) is 2.64. The van der Waals surface area contributed by atoms with Crippen LogP contribution in [-0.2, 0) is 13.1 Å². The highest BCUT2D eigenvalue weighted by molar-refractivity contribution is 5.58. The van der Waals surface area contributed by atoms with Crippen LogP contribution in [-0.4, -0.2) is 16.6 Å². The molecule has 0 aliphatic heterocycles. The van der Waals surface area contributed by atoms with E-state index in [1.165, 1.54) is 17.7 Å². The van der Waals surface area contributed by atoms with Crippen LogP contribution >= 0.6 is 0 Å². The first kappa shape index (κ1) is 15.8. The molecule has 0 saturated carbocycles. The molecule has 0 aliphatic rings. The van der Waals surface area contributed by atoms with Crippen molar-refractivity contribution >= 4 is 5.69 Å². The van der Waals surface area contributed by atoms with Gasteiger partial charge >= 0.3 is 0 Å². The van der Waals surface area contributed by atoms with Crippen LogP contribution in [0.25, 0.3) is 0 Å². The minimum atomic E-state index is -0.408. The average Bonchev–Trinajstić information content (AvgIpc) is 3.02. The number of anilines is 1. The standard InChI is InChI=1S/C19H17FN4/c1-23(18-8-7-17(20)11-16(18)12-21)14-19-22-9-10-24(19)13-15-5-3-2-4-6-15/h2-11H,13-14H2,1H3. The van der Waals surface area contributed by atoms with E-state index in [1.807, 2.05) is 42.4 Å². The topological polar surface area (TPSA) is 44.9 Å². The van der Waals surface area contributed by atoms with Crippen LogP contribution in [0.4, 0.5) is 10.1 Å². The van der Waals surface area contributed by atoms with Crippen molar-refractivity contribution in [1.82, 2.24) is 9.55 Å². The molecule has 3 aromatic rings. The zero-order chi connectivity index (χ0) is 16.9. The molecule has 0 bridgehead atoms. The Kier molecular flexibility index (Phi) is 4.57. The van der Waals surface area contributed by atoms with E-state index in [9.17, 15) is 9.65 Å². The fourth-order valence-electron chi connectivity index (χ4n) is 2.64. The van der Waals surface area contributed by atoms with E-state index in [2.05, 4.69) is 21.7 Å². The zero-order valence-corrected chi connectivity index (χ0v) is 13.4. The highest BCUT2D eigenvalue weighted by Crippen LogP contribution is 2.21. The first-order valence-electron chi connectivity index (χ1n) is 7.62. The minimum Gasteiger partial charge on any atom is -0.366 e. The van der Waals surface area contributed by atoms with Crippen LogP contribution < -0.4 is 4.90 Å². The number of benzene rings is 2. The Bertz CT molecular complexity index is 865. The molecule has 0 spiro atoms. The maximum absolute atomic E-state index is 13.3. The van der Waals surface area contributed by atoms with E-state index in [1.54, 1.807) is 12.3 Å². The van der Waals surface area contributed by atoms with Crippen molar-refractivity contribution in [3.05, 3.63) is 83.7 Å². The largest absolute Gasteiger partial charge is 0.366 e. The van der Waals surface area contributed by atoms with Gasteiger partial charge in [-0.2, -0.15) is 5.26 Å². The molecular weight excluding hydrogens is 303 g/mol. The van der Waals surface area contributed by atoms with Gasteiger partial charge in [-0.25, -0.2) is 9.37 Å². The second-order valence-electron chi connectivity index (χ2n) is 5.59. The number of aromatic nitrogens is 2. The first-order chi connectivity index (χ1) is 11.7. The van der Waals surface area contributed by atoms with Crippen LogP contribution in [0.15, 0.2) is 60.9 Å². The van der Waals surface area contributed by atoms with Crippen molar-refractivity contribution < 1.29 is 4.39 Å². The second-order valence-corrected chi connectivity index (χ2v) is 5.59. The van der Waals surface area contributed by atoms with Crippen LogP contribution in [0.1, 0.15) is 17.0 Å². The molecular formula is C19H17FN4. The van der Waals surface area contributed by atoms with Gasteiger partial charge in [0, 0.05) is 26.0 Å². The predicted molar refractivity (Wildman–Crippen MR) is 91.0 cm³/mol. The summed E-state index contributed by atoms with van der Waals surface area (Å²) < 4.78 is 15.4. The Morgan fingerprint density at radius 3 is 2.75 bits per heavy atom. The van der Waals surface area contributed by atoms with Crippen LogP contribution in [0.3, 0.4) is 0 Å². The van der Waals surface area contributed by atoms with E-state index >= 15 is 0 Å². The maximum atomic E-state index is 13.3. The first-order valence-corrected chi connectivity index (χ1v) is 7.62. The van der Waals surface area contributed by atoms with E-state index in [4.69, 9.17) is 0 Å². The van der Waals surface area contributed by atoms with Gasteiger partial charge in [-0.15, -0.1) is 0 Å². The Labute approximate surface area is 140 Å². The van der Waals surface area contributed by atoms with Crippen molar-refractivity contribution in [1.29, 1.82) is 5.26 Å². The lowest BCUT2D eigenvalue weighted by molar-refractivity contribution is 0.627. The molecule has 1 heterocycles. The molecule has 4 nitrogen and oxygen atoms in total. The van der Waals surface area contributed by atoms with Crippen molar-refractivity contribution in [3.63, 3.8) is 0 Å². The Morgan fingerprint density at radius 2 is 2.00 bits per heavy atom. The predicted octanol–water partition coefficient (Wildman–Crippen LogP) is 3.58. The molecule has 0 fully saturated rings. The average molecular weight is 320 g/mol. The summed E-state index contributed by atoms with van der Waals surface area (Å²) in [5.41, 5.74) is 2.20. The van der Waals surface area contributed by atoms with Crippen molar-refractivity contribution in [2.24, 2.45) is 0 Å². The number of hydrogen-bond donors (Lipinski definition) is 0. The molecule has 5 heteroatoms. The molecule has 120 valence electrons. The molecule has 24 heavy (non-hydrogen) atoms. The highest BCUT2D eigenvalue weighted by Gasteiger charge is 2.12. The third-order valence-electron chi connectivity index (χ3n) is 3.87. The molecule has 0 unspecified atom stereocenters. The quantitative estimate of drug-likeness (QED) is 0.722. The molecule has 0 amide bonds. The molecule has 0 saturated heterocycles. The lowest BCUT2D eigenvalue weighted by Crippen LogP contribution is -2.21. The van der Waals surface area contributed by atoms with E-state index in [0.717, 1.165) is 12.4 Å². The van der Waals surface area contributed by atoms with Gasteiger partial charge in [-0.3, -0.25) is 0 Å². The van der Waals surface area contributed by atoms with Crippen LogP contribution in [0, 0.1) is 17.1 Å². The van der Waals surface area contributed by atoms with Gasteiger partial charge in [0.25, 0.3) is 0 Å². The van der Waals surface area contributed by atoms with Gasteiger partial charge in [-0.1, -0.05) is 30.3 Å². The summed E-state index contributed by atoms with van der Waals surface area (Å²) in [5, 5.41) is 9.20. The SMILES string of the molecule is CN(Cc1nccn1Cc1ccccc1)c1ccc(F)cc1C#N. The molecule has 0 radical (unpaired) electrons. The summed E-state index contributed by atoms with van der Waals surface area (Å²) >= 11 is 0. The normalized spacial score (nSPS) is 10.4. The Balaban J connectivity index is 1.80. The monoisotopic (exact) mass is 320 g/mol. The number of halogens is 1. The molecule has 0 N–H and O–H groups in total. The number of nitrogens with zero attached hydrogens (tertiary/aromatic N) is 4.